The van der Waals surface area contributed by atoms with Crippen LogP contribution >= 0.6 is 0 Å². The fraction of sp³-hybridized carbons (Fsp3) is 0.688. The van der Waals surface area contributed by atoms with Crippen molar-refractivity contribution in [2.24, 2.45) is 0 Å². The van der Waals surface area contributed by atoms with Gasteiger partial charge in [0, 0.05) is 42.8 Å². The minimum Gasteiger partial charge on any atom is -0.372 e. The fourth-order valence-corrected chi connectivity index (χ4v) is 2.29. The van der Waals surface area contributed by atoms with Crippen LogP contribution in [0.15, 0.2) is 12.3 Å². The predicted octanol–water partition coefficient (Wildman–Crippen LogP) is 3.51. The second-order valence-corrected chi connectivity index (χ2v) is 5.38. The van der Waals surface area contributed by atoms with E-state index in [0.717, 1.165) is 25.2 Å². The lowest BCUT2D eigenvalue weighted by Gasteiger charge is -2.29. The molecule has 0 aliphatic heterocycles. The topological polar surface area (TPSA) is 28.2 Å². The van der Waals surface area contributed by atoms with Gasteiger partial charge in [0.05, 0.1) is 0 Å². The highest BCUT2D eigenvalue weighted by molar-refractivity contribution is 5.53. The van der Waals surface area contributed by atoms with Crippen molar-refractivity contribution in [3.8, 4) is 0 Å². The summed E-state index contributed by atoms with van der Waals surface area (Å²) in [6.45, 7) is 10.7. The van der Waals surface area contributed by atoms with Gasteiger partial charge >= 0.3 is 0 Å². The number of aryl methyl sites for hydroxylation is 1. The quantitative estimate of drug-likeness (QED) is 0.727. The van der Waals surface area contributed by atoms with Crippen LogP contribution in [0.4, 0.5) is 5.69 Å². The molecular formula is C16H29N3. The Morgan fingerprint density at radius 1 is 1.32 bits per heavy atom. The third-order valence-corrected chi connectivity index (χ3v) is 3.59. The molecule has 108 valence electrons. The van der Waals surface area contributed by atoms with E-state index in [1.54, 1.807) is 0 Å². The summed E-state index contributed by atoms with van der Waals surface area (Å²) in [5.74, 6) is 0. The number of aromatic nitrogens is 1. The summed E-state index contributed by atoms with van der Waals surface area (Å²) in [7, 11) is 2.19. The molecule has 0 saturated carbocycles. The van der Waals surface area contributed by atoms with Crippen molar-refractivity contribution in [1.82, 2.24) is 10.3 Å². The molecule has 1 aromatic heterocycles. The van der Waals surface area contributed by atoms with E-state index >= 15 is 0 Å². The molecule has 0 radical (unpaired) electrons. The van der Waals surface area contributed by atoms with Crippen molar-refractivity contribution in [2.45, 2.75) is 59.5 Å². The number of anilines is 1. The van der Waals surface area contributed by atoms with Crippen molar-refractivity contribution in [1.29, 1.82) is 0 Å². The zero-order chi connectivity index (χ0) is 14.3. The third-order valence-electron chi connectivity index (χ3n) is 3.59. The van der Waals surface area contributed by atoms with Crippen LogP contribution in [0.2, 0.25) is 0 Å². The summed E-state index contributed by atoms with van der Waals surface area (Å²) in [5, 5.41) is 3.47. The maximum atomic E-state index is 4.44. The average Bonchev–Trinajstić information content (AvgIpc) is 2.40. The van der Waals surface area contributed by atoms with Gasteiger partial charge in [-0.1, -0.05) is 20.3 Å². The zero-order valence-electron chi connectivity index (χ0n) is 13.2. The highest BCUT2D eigenvalue weighted by Crippen LogP contribution is 2.23. The van der Waals surface area contributed by atoms with Gasteiger partial charge in [-0.05, 0) is 39.3 Å². The number of nitrogens with one attached hydrogen (secondary N) is 1. The Hall–Kier alpha value is -1.09. The molecule has 1 heterocycles. The number of pyridine rings is 1. The molecule has 3 nitrogen and oxygen atoms in total. The standard InChI is InChI=1S/C16H29N3/c1-6-8-14(4)19(5)16-10-13(3)18-12-15(16)11-17-9-7-2/h10,12,14,17H,6-9,11H2,1-5H3. The largest absolute Gasteiger partial charge is 0.372 e. The minimum absolute atomic E-state index is 0.566. The number of nitrogens with zero attached hydrogens (tertiary/aromatic N) is 2. The molecule has 0 saturated heterocycles. The van der Waals surface area contributed by atoms with Crippen LogP contribution in [0.5, 0.6) is 0 Å². The Balaban J connectivity index is 2.86. The lowest BCUT2D eigenvalue weighted by molar-refractivity contribution is 0.609. The smallest absolute Gasteiger partial charge is 0.0445 e. The molecule has 1 N–H and O–H groups in total. The second-order valence-electron chi connectivity index (χ2n) is 5.38. The molecule has 0 aromatic carbocycles. The summed E-state index contributed by atoms with van der Waals surface area (Å²) in [5.41, 5.74) is 3.70. The van der Waals surface area contributed by atoms with Crippen molar-refractivity contribution >= 4 is 5.69 Å². The first kappa shape index (κ1) is 16.0. The van der Waals surface area contributed by atoms with Crippen LogP contribution in [-0.2, 0) is 6.54 Å². The molecule has 1 unspecified atom stereocenters. The normalized spacial score (nSPS) is 12.5. The number of rotatable bonds is 8. The first-order chi connectivity index (χ1) is 9.10. The predicted molar refractivity (Wildman–Crippen MR) is 83.7 cm³/mol. The van der Waals surface area contributed by atoms with E-state index in [1.165, 1.54) is 24.1 Å². The van der Waals surface area contributed by atoms with Crippen LogP contribution in [0.1, 0.15) is 51.3 Å². The number of hydrogen-bond acceptors (Lipinski definition) is 3. The third kappa shape index (κ3) is 4.83. The summed E-state index contributed by atoms with van der Waals surface area (Å²) in [6.07, 6.45) is 5.62. The molecule has 3 heteroatoms. The maximum Gasteiger partial charge on any atom is 0.0445 e. The Morgan fingerprint density at radius 2 is 2.05 bits per heavy atom. The Bertz CT molecular complexity index is 376. The monoisotopic (exact) mass is 263 g/mol. The van der Waals surface area contributed by atoms with Crippen LogP contribution in [-0.4, -0.2) is 24.6 Å². The molecule has 0 spiro atoms. The van der Waals surface area contributed by atoms with E-state index in [0.29, 0.717) is 6.04 Å². The molecule has 0 fully saturated rings. The lowest BCUT2D eigenvalue weighted by Crippen LogP contribution is -2.30. The van der Waals surface area contributed by atoms with Gasteiger partial charge in [0.2, 0.25) is 0 Å². The SMILES string of the molecule is CCCNCc1cnc(C)cc1N(C)C(C)CCC. The van der Waals surface area contributed by atoms with E-state index in [4.69, 9.17) is 0 Å². The van der Waals surface area contributed by atoms with E-state index in [9.17, 15) is 0 Å². The Morgan fingerprint density at radius 3 is 2.68 bits per heavy atom. The van der Waals surface area contributed by atoms with Gasteiger partial charge in [-0.2, -0.15) is 0 Å². The van der Waals surface area contributed by atoms with Gasteiger partial charge in [0.15, 0.2) is 0 Å². The molecule has 0 bridgehead atoms. The highest BCUT2D eigenvalue weighted by atomic mass is 15.1. The maximum absolute atomic E-state index is 4.44. The first-order valence-electron chi connectivity index (χ1n) is 7.49. The molecule has 0 amide bonds. The van der Waals surface area contributed by atoms with Gasteiger partial charge in [-0.25, -0.2) is 0 Å². The Labute approximate surface area is 118 Å². The van der Waals surface area contributed by atoms with E-state index in [-0.39, 0.29) is 0 Å². The summed E-state index contributed by atoms with van der Waals surface area (Å²) in [4.78, 5) is 6.83. The molecule has 0 aliphatic rings. The highest BCUT2D eigenvalue weighted by Gasteiger charge is 2.13. The molecule has 1 atom stereocenters. The van der Waals surface area contributed by atoms with Crippen molar-refractivity contribution in [3.05, 3.63) is 23.5 Å². The molecule has 19 heavy (non-hydrogen) atoms. The van der Waals surface area contributed by atoms with E-state index in [2.05, 4.69) is 56.0 Å². The fourth-order valence-electron chi connectivity index (χ4n) is 2.29. The zero-order valence-corrected chi connectivity index (χ0v) is 13.2. The first-order valence-corrected chi connectivity index (χ1v) is 7.49. The van der Waals surface area contributed by atoms with Gasteiger partial charge in [0.25, 0.3) is 0 Å². The lowest BCUT2D eigenvalue weighted by atomic mass is 10.1. The van der Waals surface area contributed by atoms with Gasteiger partial charge in [-0.3, -0.25) is 4.98 Å². The van der Waals surface area contributed by atoms with Crippen LogP contribution in [0.3, 0.4) is 0 Å². The number of hydrogen-bond donors (Lipinski definition) is 1. The molecule has 0 aliphatic carbocycles. The molecular weight excluding hydrogens is 234 g/mol. The summed E-state index contributed by atoms with van der Waals surface area (Å²) < 4.78 is 0. The summed E-state index contributed by atoms with van der Waals surface area (Å²) >= 11 is 0. The van der Waals surface area contributed by atoms with Gasteiger partial charge < -0.3 is 10.2 Å². The van der Waals surface area contributed by atoms with Crippen molar-refractivity contribution < 1.29 is 0 Å². The summed E-state index contributed by atoms with van der Waals surface area (Å²) in [6, 6.07) is 2.77. The Kier molecular flexibility index (Phi) is 6.85. The van der Waals surface area contributed by atoms with Gasteiger partial charge in [0.1, 0.15) is 0 Å². The molecule has 1 aromatic rings. The van der Waals surface area contributed by atoms with E-state index < -0.39 is 0 Å². The van der Waals surface area contributed by atoms with Crippen molar-refractivity contribution in [2.75, 3.05) is 18.5 Å². The van der Waals surface area contributed by atoms with Crippen LogP contribution in [0.25, 0.3) is 0 Å². The van der Waals surface area contributed by atoms with Crippen LogP contribution in [0, 0.1) is 6.92 Å². The molecule has 1 rings (SSSR count). The minimum atomic E-state index is 0.566. The van der Waals surface area contributed by atoms with E-state index in [1.807, 2.05) is 6.20 Å². The van der Waals surface area contributed by atoms with Crippen molar-refractivity contribution in [3.63, 3.8) is 0 Å². The van der Waals surface area contributed by atoms with Gasteiger partial charge in [-0.15, -0.1) is 0 Å². The average molecular weight is 263 g/mol. The van der Waals surface area contributed by atoms with Crippen LogP contribution < -0.4 is 10.2 Å². The second kappa shape index (κ2) is 8.16.